The number of ether oxygens (including phenoxy) is 1. The van der Waals surface area contributed by atoms with Crippen molar-refractivity contribution in [3.8, 4) is 21.8 Å². The number of para-hydroxylation sites is 1. The molecule has 4 aromatic rings. The number of esters is 1. The molecule has 2 aromatic heterocycles. The van der Waals surface area contributed by atoms with Crippen LogP contribution in [0.1, 0.15) is 16.8 Å². The summed E-state index contributed by atoms with van der Waals surface area (Å²) in [5.41, 5.74) is 3.97. The fraction of sp³-hybridized carbons (Fsp3) is 0.148. The zero-order valence-electron chi connectivity index (χ0n) is 19.4. The molecule has 36 heavy (non-hydrogen) atoms. The van der Waals surface area contributed by atoms with E-state index in [0.29, 0.717) is 11.4 Å². The number of carbonyl (C=O) groups excluding carboxylic acids is 3. The Balaban J connectivity index is 1.30. The van der Waals surface area contributed by atoms with Gasteiger partial charge in [0.15, 0.2) is 0 Å². The Morgan fingerprint density at radius 2 is 1.92 bits per heavy atom. The first-order chi connectivity index (χ1) is 17.5. The number of nitrogens with one attached hydrogen (secondary N) is 1. The number of hydrogen-bond acceptors (Lipinski definition) is 7. The van der Waals surface area contributed by atoms with Gasteiger partial charge in [-0.1, -0.05) is 24.3 Å². The number of pyridine rings is 1. The van der Waals surface area contributed by atoms with Crippen LogP contribution < -0.4 is 10.2 Å². The number of hydrogen-bond donors (Lipinski definition) is 1. The second-order valence-corrected chi connectivity index (χ2v) is 9.12. The second kappa shape index (κ2) is 10.1. The molecule has 0 bridgehead atoms. The Labute approximate surface area is 211 Å². The minimum Gasteiger partial charge on any atom is -0.465 e. The quantitative estimate of drug-likeness (QED) is 0.388. The van der Waals surface area contributed by atoms with Crippen LogP contribution in [0, 0.1) is 5.92 Å². The number of methoxy groups -OCH3 is 1. The number of aromatic nitrogens is 2. The maximum Gasteiger partial charge on any atom is 0.339 e. The number of thiazole rings is 1. The van der Waals surface area contributed by atoms with Gasteiger partial charge < -0.3 is 15.0 Å². The smallest absolute Gasteiger partial charge is 0.339 e. The Morgan fingerprint density at radius 3 is 2.72 bits per heavy atom. The molecule has 1 unspecified atom stereocenters. The second-order valence-electron chi connectivity index (χ2n) is 8.26. The van der Waals surface area contributed by atoms with Gasteiger partial charge in [0.25, 0.3) is 0 Å². The molecule has 3 heterocycles. The molecule has 180 valence electrons. The molecule has 1 atom stereocenters. The van der Waals surface area contributed by atoms with E-state index in [2.05, 4.69) is 10.3 Å². The van der Waals surface area contributed by atoms with Gasteiger partial charge in [-0.15, -0.1) is 11.3 Å². The lowest BCUT2D eigenvalue weighted by Gasteiger charge is -2.19. The number of amides is 2. The van der Waals surface area contributed by atoms with Crippen LogP contribution in [0.2, 0.25) is 0 Å². The summed E-state index contributed by atoms with van der Waals surface area (Å²) in [7, 11) is 1.29. The Kier molecular flexibility index (Phi) is 6.55. The van der Waals surface area contributed by atoms with Gasteiger partial charge in [0, 0.05) is 47.6 Å². The lowest BCUT2D eigenvalue weighted by molar-refractivity contribution is -0.122. The normalized spacial score (nSPS) is 15.1. The van der Waals surface area contributed by atoms with Gasteiger partial charge in [-0.05, 0) is 36.4 Å². The molecular weight excluding hydrogens is 476 g/mol. The highest BCUT2D eigenvalue weighted by atomic mass is 32.1. The number of anilines is 2. The molecule has 2 aromatic carbocycles. The summed E-state index contributed by atoms with van der Waals surface area (Å²) in [6.07, 6.45) is 3.55. The third kappa shape index (κ3) is 4.73. The van der Waals surface area contributed by atoms with Gasteiger partial charge in [-0.25, -0.2) is 9.78 Å². The van der Waals surface area contributed by atoms with Gasteiger partial charge in [-0.2, -0.15) is 0 Å². The van der Waals surface area contributed by atoms with Crippen LogP contribution in [0.15, 0.2) is 78.4 Å². The predicted molar refractivity (Wildman–Crippen MR) is 138 cm³/mol. The summed E-state index contributed by atoms with van der Waals surface area (Å²) >= 11 is 1.53. The lowest BCUT2D eigenvalue weighted by atomic mass is 10.1. The topological polar surface area (TPSA) is 101 Å². The van der Waals surface area contributed by atoms with Crippen molar-refractivity contribution in [2.45, 2.75) is 6.42 Å². The van der Waals surface area contributed by atoms with E-state index < -0.39 is 11.9 Å². The number of carbonyl (C=O) groups is 3. The summed E-state index contributed by atoms with van der Waals surface area (Å²) in [5.74, 6) is -1.56. The largest absolute Gasteiger partial charge is 0.465 e. The van der Waals surface area contributed by atoms with Crippen molar-refractivity contribution in [1.29, 1.82) is 0 Å². The monoisotopic (exact) mass is 498 g/mol. The maximum atomic E-state index is 13.0. The predicted octanol–water partition coefficient (Wildman–Crippen LogP) is 4.65. The SMILES string of the molecule is COC(=O)c1ccccc1N1CC(C(=O)Nc2cccc(-c3csc(-c4cccnc4)n3)c2)CC1=O. The fourth-order valence-electron chi connectivity index (χ4n) is 4.14. The van der Waals surface area contributed by atoms with Crippen LogP contribution in [0.25, 0.3) is 21.8 Å². The average Bonchev–Trinajstić information content (AvgIpc) is 3.56. The highest BCUT2D eigenvalue weighted by Gasteiger charge is 2.36. The van der Waals surface area contributed by atoms with Crippen LogP contribution in [-0.4, -0.2) is 41.4 Å². The Hall–Kier alpha value is -4.37. The third-order valence-corrected chi connectivity index (χ3v) is 6.83. The number of rotatable bonds is 6. The van der Waals surface area contributed by atoms with Crippen molar-refractivity contribution >= 4 is 40.5 Å². The van der Waals surface area contributed by atoms with Crippen molar-refractivity contribution in [3.05, 3.63) is 84.0 Å². The molecule has 0 spiro atoms. The van der Waals surface area contributed by atoms with Crippen molar-refractivity contribution in [2.24, 2.45) is 5.92 Å². The average molecular weight is 499 g/mol. The van der Waals surface area contributed by atoms with Crippen molar-refractivity contribution in [2.75, 3.05) is 23.9 Å². The molecule has 1 aliphatic rings. The molecule has 1 N–H and O–H groups in total. The molecule has 1 aliphatic heterocycles. The standard InChI is InChI=1S/C27H22N4O4S/c1-35-27(34)21-9-2-3-10-23(21)31-15-19(13-24(31)32)25(33)29-20-8-4-6-17(12-20)22-16-36-26(30-22)18-7-5-11-28-14-18/h2-12,14,16,19H,13,15H2,1H3,(H,29,33). The summed E-state index contributed by atoms with van der Waals surface area (Å²) in [5, 5.41) is 5.76. The molecule has 1 fully saturated rings. The Morgan fingerprint density at radius 1 is 1.08 bits per heavy atom. The molecule has 2 amide bonds. The van der Waals surface area contributed by atoms with Gasteiger partial charge in [0.1, 0.15) is 5.01 Å². The van der Waals surface area contributed by atoms with E-state index in [0.717, 1.165) is 21.8 Å². The zero-order chi connectivity index (χ0) is 25.1. The van der Waals surface area contributed by atoms with E-state index in [9.17, 15) is 14.4 Å². The summed E-state index contributed by atoms with van der Waals surface area (Å²) in [4.78, 5) is 48.3. The molecule has 0 radical (unpaired) electrons. The van der Waals surface area contributed by atoms with E-state index >= 15 is 0 Å². The Bertz CT molecular complexity index is 1440. The maximum absolute atomic E-state index is 13.0. The fourth-order valence-corrected chi connectivity index (χ4v) is 4.96. The van der Waals surface area contributed by atoms with Gasteiger partial charge in [0.2, 0.25) is 11.8 Å². The summed E-state index contributed by atoms with van der Waals surface area (Å²) < 4.78 is 4.84. The van der Waals surface area contributed by atoms with Gasteiger partial charge >= 0.3 is 5.97 Å². The van der Waals surface area contributed by atoms with E-state index in [1.807, 2.05) is 35.7 Å². The summed E-state index contributed by atoms with van der Waals surface area (Å²) in [6, 6.07) is 18.0. The minimum absolute atomic E-state index is 0.0571. The summed E-state index contributed by atoms with van der Waals surface area (Å²) in [6.45, 7) is 0.179. The molecular formula is C27H22N4O4S. The highest BCUT2D eigenvalue weighted by Crippen LogP contribution is 2.31. The van der Waals surface area contributed by atoms with Crippen molar-refractivity contribution in [1.82, 2.24) is 9.97 Å². The van der Waals surface area contributed by atoms with E-state index in [1.54, 1.807) is 42.7 Å². The van der Waals surface area contributed by atoms with Crippen LogP contribution in [0.4, 0.5) is 11.4 Å². The molecule has 8 nitrogen and oxygen atoms in total. The molecule has 0 saturated carbocycles. The van der Waals surface area contributed by atoms with E-state index in [4.69, 9.17) is 9.72 Å². The van der Waals surface area contributed by atoms with Gasteiger partial charge in [0.05, 0.1) is 30.0 Å². The zero-order valence-corrected chi connectivity index (χ0v) is 20.2. The highest BCUT2D eigenvalue weighted by molar-refractivity contribution is 7.13. The number of benzene rings is 2. The first-order valence-corrected chi connectivity index (χ1v) is 12.2. The number of nitrogens with zero attached hydrogens (tertiary/aromatic N) is 3. The van der Waals surface area contributed by atoms with Crippen LogP contribution in [-0.2, 0) is 14.3 Å². The first kappa shape index (κ1) is 23.4. The van der Waals surface area contributed by atoms with Crippen LogP contribution in [0.5, 0.6) is 0 Å². The lowest BCUT2D eigenvalue weighted by Crippen LogP contribution is -2.29. The molecule has 1 saturated heterocycles. The third-order valence-electron chi connectivity index (χ3n) is 5.93. The molecule has 9 heteroatoms. The molecule has 5 rings (SSSR count). The van der Waals surface area contributed by atoms with Crippen molar-refractivity contribution < 1.29 is 19.1 Å². The van der Waals surface area contributed by atoms with Crippen molar-refractivity contribution in [3.63, 3.8) is 0 Å². The van der Waals surface area contributed by atoms with Crippen LogP contribution in [0.3, 0.4) is 0 Å². The van der Waals surface area contributed by atoms with E-state index in [1.165, 1.54) is 23.3 Å². The van der Waals surface area contributed by atoms with Crippen LogP contribution >= 0.6 is 11.3 Å². The van der Waals surface area contributed by atoms with E-state index in [-0.39, 0.29) is 30.3 Å². The first-order valence-electron chi connectivity index (χ1n) is 11.3. The van der Waals surface area contributed by atoms with Gasteiger partial charge in [-0.3, -0.25) is 14.6 Å². The molecule has 0 aliphatic carbocycles. The minimum atomic E-state index is -0.552.